The van der Waals surface area contributed by atoms with E-state index in [1.54, 1.807) is 0 Å². The highest BCUT2D eigenvalue weighted by Gasteiger charge is 2.25. The second-order valence-electron chi connectivity index (χ2n) is 21.0. The zero-order valence-electron chi connectivity index (χ0n) is 44.8. The lowest BCUT2D eigenvalue weighted by Crippen LogP contribution is -2.04. The zero-order chi connectivity index (χ0) is 55.0. The number of hydrogen-bond donors (Lipinski definition) is 0. The first kappa shape index (κ1) is 47.5. The molecule has 0 unspecified atom stereocenters. The van der Waals surface area contributed by atoms with Crippen LogP contribution in [0.2, 0.25) is 0 Å². The Hall–Kier alpha value is -11.5. The van der Waals surface area contributed by atoms with Crippen molar-refractivity contribution in [1.29, 1.82) is 5.26 Å². The zero-order valence-corrected chi connectivity index (χ0v) is 44.8. The fourth-order valence-electron chi connectivity index (χ4n) is 12.6. The highest BCUT2D eigenvalue weighted by atomic mass is 15.0. The average Bonchev–Trinajstić information content (AvgIpc) is 2.58. The Labute approximate surface area is 478 Å². The predicted molar refractivity (Wildman–Crippen MR) is 340 cm³/mol. The summed E-state index contributed by atoms with van der Waals surface area (Å²) >= 11 is 0. The Bertz CT molecular complexity index is 4910. The highest BCUT2D eigenvalue weighted by molar-refractivity contribution is 6.13. The van der Waals surface area contributed by atoms with Gasteiger partial charge in [0.1, 0.15) is 0 Å². The third-order valence-corrected chi connectivity index (χ3v) is 16.4. The lowest BCUT2D eigenvalue weighted by atomic mass is 9.92. The van der Waals surface area contributed by atoms with Crippen LogP contribution in [0.1, 0.15) is 5.56 Å². The van der Waals surface area contributed by atoms with Gasteiger partial charge in [0.2, 0.25) is 0 Å². The van der Waals surface area contributed by atoms with Crippen LogP contribution in [0, 0.1) is 11.3 Å². The van der Waals surface area contributed by atoms with Crippen LogP contribution in [0.25, 0.3) is 150 Å². The van der Waals surface area contributed by atoms with Gasteiger partial charge in [0, 0.05) is 71.5 Å². The molecular weight excluding hydrogens is 1010 g/mol. The minimum atomic E-state index is 0.554. The number of fused-ring (bicyclic) bond motifs is 9. The minimum Gasteiger partial charge on any atom is -0.309 e. The summed E-state index contributed by atoms with van der Waals surface area (Å²) < 4.78 is 7.18. The number of hydrogen-bond acceptors (Lipinski definition) is 4. The monoisotopic (exact) mass is 1060 g/mol. The first-order chi connectivity index (χ1) is 41.1. The van der Waals surface area contributed by atoms with Gasteiger partial charge >= 0.3 is 0 Å². The van der Waals surface area contributed by atoms with Gasteiger partial charge in [-0.2, -0.15) is 5.26 Å². The topological polar surface area (TPSA) is 77.2 Å². The van der Waals surface area contributed by atoms with E-state index in [2.05, 4.69) is 244 Å². The lowest BCUT2D eigenvalue weighted by molar-refractivity contribution is 1.07. The summed E-state index contributed by atoms with van der Waals surface area (Å²) in [6.07, 6.45) is 0. The van der Waals surface area contributed by atoms with Gasteiger partial charge in [-0.15, -0.1) is 0 Å². The molecule has 0 aliphatic rings. The van der Waals surface area contributed by atoms with E-state index in [0.29, 0.717) is 23.0 Å². The van der Waals surface area contributed by atoms with Crippen molar-refractivity contribution in [2.45, 2.75) is 0 Å². The summed E-state index contributed by atoms with van der Waals surface area (Å²) in [6, 6.07) is 103. The third-order valence-electron chi connectivity index (χ3n) is 16.4. The fraction of sp³-hybridized carbons (Fsp3) is 0. The summed E-state index contributed by atoms with van der Waals surface area (Å²) in [5.74, 6) is 1.73. The van der Waals surface area contributed by atoms with Gasteiger partial charge in [-0.3, -0.25) is 0 Å². The Balaban J connectivity index is 0.996. The smallest absolute Gasteiger partial charge is 0.164 e. The van der Waals surface area contributed by atoms with Gasteiger partial charge in [-0.1, -0.05) is 200 Å². The number of benzene rings is 12. The SMILES string of the molecule is N#Cc1ccccc1-c1ccc2c(c1)c1ccccc1n2-c1c(-c2ccc(-n3c4ccccc4c4ccccc43)cc2)cc(-c2nc(-c3ccccc3)nc(-c3ccccc3)n2)cc1-c1ccc(-n2c3ccccc3c3ccccc32)cc1. The Kier molecular flexibility index (Phi) is 11.1. The molecule has 0 atom stereocenters. The van der Waals surface area contributed by atoms with E-state index >= 15 is 0 Å². The van der Waals surface area contributed by atoms with Crippen molar-refractivity contribution in [3.05, 3.63) is 291 Å². The average molecular weight is 1060 g/mol. The van der Waals surface area contributed by atoms with Crippen LogP contribution in [-0.4, -0.2) is 28.7 Å². The molecule has 0 aliphatic carbocycles. The van der Waals surface area contributed by atoms with Crippen molar-refractivity contribution in [3.63, 3.8) is 0 Å². The van der Waals surface area contributed by atoms with E-state index in [0.717, 1.165) is 111 Å². The molecular formula is C76H47N7. The summed E-state index contributed by atoms with van der Waals surface area (Å²) in [7, 11) is 0. The summed E-state index contributed by atoms with van der Waals surface area (Å²) in [5.41, 5.74) is 18.9. The fourth-order valence-corrected chi connectivity index (χ4v) is 12.6. The lowest BCUT2D eigenvalue weighted by Gasteiger charge is -2.22. The number of nitriles is 1. The second-order valence-corrected chi connectivity index (χ2v) is 21.0. The molecule has 0 fully saturated rings. The molecule has 386 valence electrons. The molecule has 0 N–H and O–H groups in total. The van der Waals surface area contributed by atoms with Gasteiger partial charge in [-0.05, 0) is 107 Å². The molecule has 16 rings (SSSR count). The van der Waals surface area contributed by atoms with Crippen molar-refractivity contribution in [2.24, 2.45) is 0 Å². The Morgan fingerprint density at radius 3 is 1.05 bits per heavy atom. The van der Waals surface area contributed by atoms with Crippen LogP contribution in [-0.2, 0) is 0 Å². The quantitative estimate of drug-likeness (QED) is 0.144. The first-order valence-corrected chi connectivity index (χ1v) is 27.9. The van der Waals surface area contributed by atoms with Crippen LogP contribution in [0.15, 0.2) is 285 Å². The number of para-hydroxylation sites is 5. The van der Waals surface area contributed by atoms with Crippen LogP contribution < -0.4 is 0 Å². The van der Waals surface area contributed by atoms with E-state index in [1.165, 1.54) is 21.5 Å². The van der Waals surface area contributed by atoms with Crippen LogP contribution in [0.5, 0.6) is 0 Å². The van der Waals surface area contributed by atoms with Crippen molar-refractivity contribution < 1.29 is 0 Å². The van der Waals surface area contributed by atoms with Crippen molar-refractivity contribution in [2.75, 3.05) is 0 Å². The maximum Gasteiger partial charge on any atom is 0.164 e. The maximum absolute atomic E-state index is 10.3. The minimum absolute atomic E-state index is 0.554. The van der Waals surface area contributed by atoms with E-state index in [-0.39, 0.29) is 0 Å². The van der Waals surface area contributed by atoms with E-state index in [4.69, 9.17) is 15.0 Å². The predicted octanol–water partition coefficient (Wildman–Crippen LogP) is 19.0. The molecule has 0 amide bonds. The van der Waals surface area contributed by atoms with Gasteiger partial charge in [0.15, 0.2) is 17.5 Å². The molecule has 0 aliphatic heterocycles. The van der Waals surface area contributed by atoms with Crippen molar-refractivity contribution in [3.8, 4) is 90.7 Å². The van der Waals surface area contributed by atoms with Crippen LogP contribution >= 0.6 is 0 Å². The van der Waals surface area contributed by atoms with Crippen LogP contribution in [0.3, 0.4) is 0 Å². The van der Waals surface area contributed by atoms with E-state index < -0.39 is 0 Å². The summed E-state index contributed by atoms with van der Waals surface area (Å²) in [6.45, 7) is 0. The van der Waals surface area contributed by atoms with Gasteiger partial charge in [-0.25, -0.2) is 15.0 Å². The molecule has 4 aromatic heterocycles. The van der Waals surface area contributed by atoms with E-state index in [1.807, 2.05) is 60.7 Å². The maximum atomic E-state index is 10.3. The molecule has 83 heavy (non-hydrogen) atoms. The molecule has 12 aromatic carbocycles. The number of rotatable bonds is 9. The number of aromatic nitrogens is 6. The molecule has 16 aromatic rings. The Morgan fingerprint density at radius 2 is 0.602 bits per heavy atom. The van der Waals surface area contributed by atoms with Gasteiger partial charge in [0.05, 0.1) is 50.4 Å². The molecule has 0 spiro atoms. The molecule has 0 saturated carbocycles. The van der Waals surface area contributed by atoms with Gasteiger partial charge in [0.25, 0.3) is 0 Å². The molecule has 4 heterocycles. The molecule has 0 bridgehead atoms. The van der Waals surface area contributed by atoms with Crippen LogP contribution in [0.4, 0.5) is 0 Å². The second kappa shape index (κ2) is 19.4. The first-order valence-electron chi connectivity index (χ1n) is 27.9. The van der Waals surface area contributed by atoms with E-state index in [9.17, 15) is 5.26 Å². The Morgan fingerprint density at radius 1 is 0.253 bits per heavy atom. The molecule has 7 heteroatoms. The van der Waals surface area contributed by atoms with Crippen molar-refractivity contribution in [1.82, 2.24) is 28.7 Å². The van der Waals surface area contributed by atoms with Crippen molar-refractivity contribution >= 4 is 65.4 Å². The summed E-state index contributed by atoms with van der Waals surface area (Å²) in [4.78, 5) is 15.9. The third kappa shape index (κ3) is 7.84. The standard InChI is InChI=1S/C76H47N7/c77-48-54-23-7-8-24-58(54)53-39-44-72-66(45-53)63-29-13-18-34-71(63)83(72)73-64(49-35-40-56(41-36-49)81-67-30-14-9-25-59(67)60-26-10-15-31-68(60)81)46-55(76-79-74(51-19-3-1-4-20-51)78-75(80-76)52-21-5-2-6-22-52)47-65(73)50-37-42-57(43-38-50)82-69-32-16-11-27-61(69)62-28-12-17-33-70(62)82/h1-47H. The number of nitrogens with zero attached hydrogens (tertiary/aromatic N) is 7. The normalized spacial score (nSPS) is 11.6. The highest BCUT2D eigenvalue weighted by Crippen LogP contribution is 2.46. The molecule has 0 radical (unpaired) electrons. The largest absolute Gasteiger partial charge is 0.309 e. The molecule has 7 nitrogen and oxygen atoms in total. The molecule has 0 saturated heterocycles. The summed E-state index contributed by atoms with van der Waals surface area (Å²) in [5, 5.41) is 17.3. The van der Waals surface area contributed by atoms with Gasteiger partial charge < -0.3 is 13.7 Å².